The van der Waals surface area contributed by atoms with Gasteiger partial charge in [0.2, 0.25) is 0 Å². The fourth-order valence-corrected chi connectivity index (χ4v) is 1.75. The van der Waals surface area contributed by atoms with E-state index in [1.807, 2.05) is 31.2 Å². The smallest absolute Gasteiger partial charge is 0.315 e. The van der Waals surface area contributed by atoms with Gasteiger partial charge in [-0.15, -0.1) is 0 Å². The Morgan fingerprint density at radius 2 is 1.80 bits per heavy atom. The monoisotopic (exact) mass is 280 g/mol. The van der Waals surface area contributed by atoms with Crippen molar-refractivity contribution in [2.75, 3.05) is 7.11 Å². The van der Waals surface area contributed by atoms with E-state index >= 15 is 0 Å². The zero-order chi connectivity index (χ0) is 15.1. The number of aliphatic carboxylic acids is 1. The molecule has 0 aromatic heterocycles. The number of amides is 2. The molecule has 0 fully saturated rings. The third-order valence-corrected chi connectivity index (χ3v) is 2.82. The molecule has 6 heteroatoms. The standard InChI is InChI=1S/C14H20N2O4/c1-9(8-13(17)18)15-14(19)16-10(2)11-4-6-12(20-3)7-5-11/h4-7,9-10H,8H2,1-3H3,(H,17,18)(H2,15,16,19). The first kappa shape index (κ1) is 15.8. The molecule has 1 aromatic rings. The zero-order valence-electron chi connectivity index (χ0n) is 11.8. The molecule has 6 nitrogen and oxygen atoms in total. The molecule has 2 atom stereocenters. The van der Waals surface area contributed by atoms with Gasteiger partial charge in [0.05, 0.1) is 19.6 Å². The Labute approximate surface area is 118 Å². The van der Waals surface area contributed by atoms with Crippen LogP contribution in [0.15, 0.2) is 24.3 Å². The molecular formula is C14H20N2O4. The molecule has 0 aliphatic rings. The topological polar surface area (TPSA) is 87.7 Å². The molecule has 1 rings (SSSR count). The minimum Gasteiger partial charge on any atom is -0.497 e. The number of ether oxygens (including phenoxy) is 1. The van der Waals surface area contributed by atoms with Gasteiger partial charge in [-0.25, -0.2) is 4.79 Å². The Balaban J connectivity index is 2.49. The second-order valence-corrected chi connectivity index (χ2v) is 4.61. The van der Waals surface area contributed by atoms with Gasteiger partial charge in [0.1, 0.15) is 5.75 Å². The number of carbonyl (C=O) groups excluding carboxylic acids is 1. The Morgan fingerprint density at radius 3 is 2.30 bits per heavy atom. The summed E-state index contributed by atoms with van der Waals surface area (Å²) in [6, 6.07) is 6.38. The van der Waals surface area contributed by atoms with Crippen LogP contribution in [0, 0.1) is 0 Å². The molecule has 0 heterocycles. The highest BCUT2D eigenvalue weighted by molar-refractivity contribution is 5.76. The summed E-state index contributed by atoms with van der Waals surface area (Å²) in [6.45, 7) is 3.50. The minimum atomic E-state index is -0.944. The molecule has 0 aliphatic heterocycles. The van der Waals surface area contributed by atoms with Crippen molar-refractivity contribution < 1.29 is 19.4 Å². The summed E-state index contributed by atoms with van der Waals surface area (Å²) in [5, 5.41) is 14.0. The summed E-state index contributed by atoms with van der Waals surface area (Å²) in [6.07, 6.45) is -0.107. The number of nitrogens with one attached hydrogen (secondary N) is 2. The molecule has 0 spiro atoms. The van der Waals surface area contributed by atoms with Crippen LogP contribution in [-0.4, -0.2) is 30.3 Å². The highest BCUT2D eigenvalue weighted by Crippen LogP contribution is 2.17. The van der Waals surface area contributed by atoms with Crippen molar-refractivity contribution in [1.29, 1.82) is 0 Å². The van der Waals surface area contributed by atoms with Gasteiger partial charge < -0.3 is 20.5 Å². The molecule has 20 heavy (non-hydrogen) atoms. The van der Waals surface area contributed by atoms with Crippen LogP contribution in [0.5, 0.6) is 5.75 Å². The van der Waals surface area contributed by atoms with Crippen LogP contribution in [0.3, 0.4) is 0 Å². The van der Waals surface area contributed by atoms with E-state index in [-0.39, 0.29) is 18.5 Å². The van der Waals surface area contributed by atoms with Crippen LogP contribution >= 0.6 is 0 Å². The largest absolute Gasteiger partial charge is 0.497 e. The van der Waals surface area contributed by atoms with Crippen molar-refractivity contribution >= 4 is 12.0 Å². The second-order valence-electron chi connectivity index (χ2n) is 4.61. The first-order valence-corrected chi connectivity index (χ1v) is 6.35. The fraction of sp³-hybridized carbons (Fsp3) is 0.429. The van der Waals surface area contributed by atoms with Gasteiger partial charge in [-0.1, -0.05) is 12.1 Å². The van der Waals surface area contributed by atoms with E-state index in [1.165, 1.54) is 0 Å². The number of rotatable bonds is 6. The summed E-state index contributed by atoms with van der Waals surface area (Å²) in [5.41, 5.74) is 0.937. The summed E-state index contributed by atoms with van der Waals surface area (Å²) < 4.78 is 5.06. The maximum absolute atomic E-state index is 11.7. The quantitative estimate of drug-likeness (QED) is 0.743. The van der Waals surface area contributed by atoms with Crippen LogP contribution < -0.4 is 15.4 Å². The molecule has 0 saturated carbocycles. The van der Waals surface area contributed by atoms with E-state index in [4.69, 9.17) is 9.84 Å². The number of carboxylic acid groups (broad SMARTS) is 1. The Bertz CT molecular complexity index is 459. The fourth-order valence-electron chi connectivity index (χ4n) is 1.75. The van der Waals surface area contributed by atoms with Gasteiger partial charge >= 0.3 is 12.0 Å². The predicted octanol–water partition coefficient (Wildman–Crippen LogP) is 1.92. The molecule has 0 bridgehead atoms. The molecule has 0 radical (unpaired) electrons. The highest BCUT2D eigenvalue weighted by atomic mass is 16.5. The number of urea groups is 1. The third-order valence-electron chi connectivity index (χ3n) is 2.82. The highest BCUT2D eigenvalue weighted by Gasteiger charge is 2.13. The number of benzene rings is 1. The van der Waals surface area contributed by atoms with Crippen molar-refractivity contribution in [1.82, 2.24) is 10.6 Å². The van der Waals surface area contributed by atoms with Crippen molar-refractivity contribution in [3.05, 3.63) is 29.8 Å². The second kappa shape index (κ2) is 7.37. The van der Waals surface area contributed by atoms with Gasteiger partial charge in [0, 0.05) is 6.04 Å². The molecule has 2 amide bonds. The number of methoxy groups -OCH3 is 1. The Morgan fingerprint density at radius 1 is 1.20 bits per heavy atom. The lowest BCUT2D eigenvalue weighted by Gasteiger charge is -2.17. The lowest BCUT2D eigenvalue weighted by Crippen LogP contribution is -2.42. The zero-order valence-corrected chi connectivity index (χ0v) is 11.8. The van der Waals surface area contributed by atoms with E-state index < -0.39 is 12.0 Å². The van der Waals surface area contributed by atoms with Gasteiger partial charge in [-0.05, 0) is 31.5 Å². The number of carboxylic acids is 1. The van der Waals surface area contributed by atoms with Gasteiger partial charge in [0.25, 0.3) is 0 Å². The molecule has 2 unspecified atom stereocenters. The maximum atomic E-state index is 11.7. The molecular weight excluding hydrogens is 260 g/mol. The molecule has 0 aliphatic carbocycles. The number of hydrogen-bond acceptors (Lipinski definition) is 3. The summed E-state index contributed by atoms with van der Waals surface area (Å²) in [4.78, 5) is 22.2. The van der Waals surface area contributed by atoms with Crippen LogP contribution in [0.1, 0.15) is 31.9 Å². The van der Waals surface area contributed by atoms with Crippen LogP contribution in [0.2, 0.25) is 0 Å². The number of carbonyl (C=O) groups is 2. The van der Waals surface area contributed by atoms with Crippen LogP contribution in [0.4, 0.5) is 4.79 Å². The van der Waals surface area contributed by atoms with Crippen molar-refractivity contribution in [2.24, 2.45) is 0 Å². The SMILES string of the molecule is COc1ccc(C(C)NC(=O)NC(C)CC(=O)O)cc1. The number of hydrogen-bond donors (Lipinski definition) is 3. The van der Waals surface area contributed by atoms with E-state index in [0.29, 0.717) is 0 Å². The minimum absolute atomic E-state index is 0.107. The maximum Gasteiger partial charge on any atom is 0.315 e. The lowest BCUT2D eigenvalue weighted by molar-refractivity contribution is -0.137. The molecule has 110 valence electrons. The lowest BCUT2D eigenvalue weighted by atomic mass is 10.1. The molecule has 1 aromatic carbocycles. The first-order chi connectivity index (χ1) is 9.42. The van der Waals surface area contributed by atoms with E-state index in [9.17, 15) is 9.59 Å². The van der Waals surface area contributed by atoms with Gasteiger partial charge in [-0.3, -0.25) is 4.79 Å². The average molecular weight is 280 g/mol. The van der Waals surface area contributed by atoms with Crippen molar-refractivity contribution in [3.63, 3.8) is 0 Å². The average Bonchev–Trinajstić information content (AvgIpc) is 2.37. The Kier molecular flexibility index (Phi) is 5.83. The van der Waals surface area contributed by atoms with Crippen molar-refractivity contribution in [2.45, 2.75) is 32.4 Å². The van der Waals surface area contributed by atoms with Crippen LogP contribution in [-0.2, 0) is 4.79 Å². The van der Waals surface area contributed by atoms with E-state index in [2.05, 4.69) is 10.6 Å². The van der Waals surface area contributed by atoms with E-state index in [0.717, 1.165) is 11.3 Å². The normalized spacial score (nSPS) is 13.2. The predicted molar refractivity (Wildman–Crippen MR) is 74.8 cm³/mol. The summed E-state index contributed by atoms with van der Waals surface area (Å²) in [5.74, 6) is -0.193. The third kappa shape index (κ3) is 5.17. The Hall–Kier alpha value is -2.24. The van der Waals surface area contributed by atoms with Crippen molar-refractivity contribution in [3.8, 4) is 5.75 Å². The summed E-state index contributed by atoms with van der Waals surface area (Å²) >= 11 is 0. The van der Waals surface area contributed by atoms with Gasteiger partial charge in [0.15, 0.2) is 0 Å². The van der Waals surface area contributed by atoms with Gasteiger partial charge in [-0.2, -0.15) is 0 Å². The van der Waals surface area contributed by atoms with E-state index in [1.54, 1.807) is 14.0 Å². The van der Waals surface area contributed by atoms with Crippen LogP contribution in [0.25, 0.3) is 0 Å². The first-order valence-electron chi connectivity index (χ1n) is 6.35. The summed E-state index contributed by atoms with van der Waals surface area (Å²) in [7, 11) is 1.59. The molecule has 0 saturated heterocycles. The molecule has 3 N–H and O–H groups in total.